The van der Waals surface area contributed by atoms with Gasteiger partial charge in [-0.2, -0.15) is 12.7 Å². The van der Waals surface area contributed by atoms with Crippen LogP contribution in [0.15, 0.2) is 31.0 Å². The van der Waals surface area contributed by atoms with Gasteiger partial charge in [-0.1, -0.05) is 24.3 Å². The lowest BCUT2D eigenvalue weighted by atomic mass is 10.1. The fraction of sp³-hybridized carbons (Fsp3) is 0.263. The van der Waals surface area contributed by atoms with Crippen molar-refractivity contribution in [1.29, 1.82) is 0 Å². The molecule has 1 aromatic heterocycles. The van der Waals surface area contributed by atoms with Crippen molar-refractivity contribution < 1.29 is 27.1 Å². The maximum Gasteiger partial charge on any atom is 0.304 e. The number of benzene rings is 1. The number of ether oxygens (including phenoxy) is 2. The SMILES string of the molecule is C=Cc1cc(C(=O)NS(=O)(=O)N2CCC2)c(F)cc1Oc1cnc(OCC)c(Cl)c1. The highest BCUT2D eigenvalue weighted by molar-refractivity contribution is 7.87. The molecule has 1 saturated heterocycles. The van der Waals surface area contributed by atoms with Crippen LogP contribution in [0, 0.1) is 5.82 Å². The Kier molecular flexibility index (Phi) is 6.59. The van der Waals surface area contributed by atoms with E-state index in [0.717, 1.165) is 16.4 Å². The number of carbonyl (C=O) groups excluding carboxylic acids is 1. The molecule has 1 N–H and O–H groups in total. The molecule has 1 aliphatic heterocycles. The maximum absolute atomic E-state index is 14.6. The molecule has 0 radical (unpaired) electrons. The molecule has 1 aliphatic rings. The molecule has 0 bridgehead atoms. The predicted octanol–water partition coefficient (Wildman–Crippen LogP) is 3.39. The van der Waals surface area contributed by atoms with Crippen LogP contribution in [-0.4, -0.2) is 43.3 Å². The summed E-state index contributed by atoms with van der Waals surface area (Å²) in [6.07, 6.45) is 3.40. The zero-order valence-corrected chi connectivity index (χ0v) is 17.6. The molecule has 0 atom stereocenters. The van der Waals surface area contributed by atoms with E-state index >= 15 is 0 Å². The Morgan fingerprint density at radius 3 is 2.70 bits per heavy atom. The van der Waals surface area contributed by atoms with Gasteiger partial charge in [0.1, 0.15) is 22.3 Å². The Hall–Kier alpha value is -2.69. The van der Waals surface area contributed by atoms with Crippen molar-refractivity contribution in [3.63, 3.8) is 0 Å². The van der Waals surface area contributed by atoms with E-state index in [-0.39, 0.29) is 28.0 Å². The summed E-state index contributed by atoms with van der Waals surface area (Å²) >= 11 is 6.07. The molecule has 3 rings (SSSR count). The summed E-state index contributed by atoms with van der Waals surface area (Å²) in [5, 5.41) is 0.210. The summed E-state index contributed by atoms with van der Waals surface area (Å²) < 4.78 is 52.6. The standard InChI is InChI=1S/C19H19ClFN3O5S/c1-3-12-8-14(18(25)23-30(26,27)24-6-5-7-24)16(21)10-17(12)29-13-9-15(20)19(22-11-13)28-4-2/h3,8-11H,1,4-7H2,2H3,(H,23,25). The molecule has 11 heteroatoms. The molecular weight excluding hydrogens is 437 g/mol. The Morgan fingerprint density at radius 1 is 1.40 bits per heavy atom. The third kappa shape index (κ3) is 4.72. The molecule has 160 valence electrons. The highest BCUT2D eigenvalue weighted by Gasteiger charge is 2.30. The smallest absolute Gasteiger partial charge is 0.304 e. The molecule has 0 spiro atoms. The highest BCUT2D eigenvalue weighted by Crippen LogP contribution is 2.32. The minimum Gasteiger partial charge on any atom is -0.477 e. The molecule has 0 aliphatic carbocycles. The summed E-state index contributed by atoms with van der Waals surface area (Å²) in [5.74, 6) is -1.55. The van der Waals surface area contributed by atoms with E-state index in [4.69, 9.17) is 21.1 Å². The Morgan fingerprint density at radius 2 is 2.13 bits per heavy atom. The second-order valence-corrected chi connectivity index (χ2v) is 8.33. The number of nitrogens with one attached hydrogen (secondary N) is 1. The normalized spacial score (nSPS) is 14.0. The number of halogens is 2. The molecule has 1 aromatic carbocycles. The molecule has 0 unspecified atom stereocenters. The van der Waals surface area contributed by atoms with Crippen molar-refractivity contribution >= 4 is 33.8 Å². The van der Waals surface area contributed by atoms with Crippen molar-refractivity contribution in [2.75, 3.05) is 19.7 Å². The molecule has 2 heterocycles. The van der Waals surface area contributed by atoms with Crippen LogP contribution in [0.5, 0.6) is 17.4 Å². The number of aromatic nitrogens is 1. The summed E-state index contributed by atoms with van der Waals surface area (Å²) in [7, 11) is -4.00. The van der Waals surface area contributed by atoms with E-state index in [9.17, 15) is 17.6 Å². The van der Waals surface area contributed by atoms with Gasteiger partial charge in [0.25, 0.3) is 5.91 Å². The van der Waals surface area contributed by atoms with Gasteiger partial charge < -0.3 is 9.47 Å². The molecule has 0 saturated carbocycles. The van der Waals surface area contributed by atoms with Gasteiger partial charge in [0.15, 0.2) is 0 Å². The summed E-state index contributed by atoms with van der Waals surface area (Å²) in [5.41, 5.74) is -0.183. The molecule has 8 nitrogen and oxygen atoms in total. The first-order chi connectivity index (χ1) is 14.2. The first-order valence-electron chi connectivity index (χ1n) is 8.99. The van der Waals surface area contributed by atoms with Crippen molar-refractivity contribution in [2.24, 2.45) is 0 Å². The molecule has 2 aromatic rings. The van der Waals surface area contributed by atoms with Crippen LogP contribution in [-0.2, 0) is 10.2 Å². The molecule has 1 fully saturated rings. The second kappa shape index (κ2) is 8.99. The van der Waals surface area contributed by atoms with Gasteiger partial charge in [-0.25, -0.2) is 14.1 Å². The van der Waals surface area contributed by atoms with Crippen LogP contribution in [0.25, 0.3) is 6.08 Å². The number of carbonyl (C=O) groups is 1. The van der Waals surface area contributed by atoms with E-state index in [2.05, 4.69) is 11.6 Å². The largest absolute Gasteiger partial charge is 0.477 e. The second-order valence-electron chi connectivity index (χ2n) is 6.26. The van der Waals surface area contributed by atoms with E-state index in [1.165, 1.54) is 18.3 Å². The average molecular weight is 456 g/mol. The van der Waals surface area contributed by atoms with Gasteiger partial charge in [-0.3, -0.25) is 4.79 Å². The quantitative estimate of drug-likeness (QED) is 0.655. The fourth-order valence-electron chi connectivity index (χ4n) is 2.59. The van der Waals surface area contributed by atoms with Crippen LogP contribution >= 0.6 is 11.6 Å². The zero-order valence-electron chi connectivity index (χ0n) is 16.0. The van der Waals surface area contributed by atoms with Gasteiger partial charge >= 0.3 is 10.2 Å². The van der Waals surface area contributed by atoms with Crippen molar-refractivity contribution in [3.8, 4) is 17.4 Å². The zero-order chi connectivity index (χ0) is 21.9. The maximum atomic E-state index is 14.6. The van der Waals surface area contributed by atoms with Crippen molar-refractivity contribution in [1.82, 2.24) is 14.0 Å². The number of nitrogens with zero attached hydrogens (tertiary/aromatic N) is 2. The number of hydrogen-bond donors (Lipinski definition) is 1. The predicted molar refractivity (Wildman–Crippen MR) is 110 cm³/mol. The Balaban J connectivity index is 1.84. The van der Waals surface area contributed by atoms with Gasteiger partial charge in [-0.05, 0) is 19.4 Å². The molecular formula is C19H19ClFN3O5S. The third-order valence-electron chi connectivity index (χ3n) is 4.23. The monoisotopic (exact) mass is 455 g/mol. The molecule has 30 heavy (non-hydrogen) atoms. The number of hydrogen-bond acceptors (Lipinski definition) is 6. The van der Waals surface area contributed by atoms with Gasteiger partial charge in [0.05, 0.1) is 18.4 Å². The number of amides is 1. The first kappa shape index (κ1) is 22.0. The van der Waals surface area contributed by atoms with Gasteiger partial charge in [-0.15, -0.1) is 0 Å². The first-order valence-corrected chi connectivity index (χ1v) is 10.8. The Labute approximate surface area is 178 Å². The van der Waals surface area contributed by atoms with Crippen molar-refractivity contribution in [2.45, 2.75) is 13.3 Å². The summed E-state index contributed by atoms with van der Waals surface area (Å²) in [6, 6.07) is 3.57. The van der Waals surface area contributed by atoms with E-state index in [1.54, 1.807) is 6.92 Å². The lowest BCUT2D eigenvalue weighted by Gasteiger charge is -2.29. The van der Waals surface area contributed by atoms with E-state index in [1.807, 2.05) is 4.72 Å². The van der Waals surface area contributed by atoms with Crippen LogP contribution < -0.4 is 14.2 Å². The van der Waals surface area contributed by atoms with Crippen LogP contribution in [0.2, 0.25) is 5.02 Å². The summed E-state index contributed by atoms with van der Waals surface area (Å²) in [4.78, 5) is 16.4. The highest BCUT2D eigenvalue weighted by atomic mass is 35.5. The third-order valence-corrected chi connectivity index (χ3v) is 5.99. The summed E-state index contributed by atoms with van der Waals surface area (Å²) in [6.45, 7) is 6.42. The lowest BCUT2D eigenvalue weighted by molar-refractivity contribution is 0.0973. The Bertz CT molecular complexity index is 1090. The van der Waals surface area contributed by atoms with E-state index in [0.29, 0.717) is 26.1 Å². The van der Waals surface area contributed by atoms with Gasteiger partial charge in [0, 0.05) is 30.8 Å². The van der Waals surface area contributed by atoms with Crippen molar-refractivity contribution in [3.05, 3.63) is 52.9 Å². The minimum atomic E-state index is -4.00. The number of rotatable bonds is 8. The van der Waals surface area contributed by atoms with Crippen LogP contribution in [0.3, 0.4) is 0 Å². The topological polar surface area (TPSA) is 97.8 Å². The van der Waals surface area contributed by atoms with Crippen LogP contribution in [0.1, 0.15) is 29.3 Å². The van der Waals surface area contributed by atoms with Gasteiger partial charge in [0.2, 0.25) is 5.88 Å². The number of pyridine rings is 1. The fourth-order valence-corrected chi connectivity index (χ4v) is 4.01. The average Bonchev–Trinajstić information content (AvgIpc) is 2.62. The lowest BCUT2D eigenvalue weighted by Crippen LogP contribution is -2.49. The van der Waals surface area contributed by atoms with E-state index < -0.39 is 27.5 Å². The molecule has 1 amide bonds. The van der Waals surface area contributed by atoms with Crippen LogP contribution in [0.4, 0.5) is 4.39 Å². The minimum absolute atomic E-state index is 0.0478.